The Morgan fingerprint density at radius 2 is 0.975 bits per heavy atom. The summed E-state index contributed by atoms with van der Waals surface area (Å²) in [5, 5.41) is 61.1. The van der Waals surface area contributed by atoms with Gasteiger partial charge in [0.1, 0.15) is 11.2 Å². The predicted octanol–water partition coefficient (Wildman–Crippen LogP) is 0.548. The first kappa shape index (κ1) is 41.1. The number of ketones is 2. The van der Waals surface area contributed by atoms with Gasteiger partial charge in [-0.1, -0.05) is 52.4 Å². The van der Waals surface area contributed by atoms with Gasteiger partial charge >= 0.3 is 0 Å². The quantitative estimate of drug-likeness (QED) is 0.0612. The second-order valence-corrected chi connectivity index (χ2v) is 9.59. The summed E-state index contributed by atoms with van der Waals surface area (Å²) in [6, 6.07) is 0. The largest absolute Gasteiger partial charge is 0.394 e. The van der Waals surface area contributed by atoms with Crippen molar-refractivity contribution in [3.63, 3.8) is 0 Å². The fraction of sp³-hybridized carbons (Fsp3) is 0.929. The Morgan fingerprint density at radius 3 is 1.30 bits per heavy atom. The number of ether oxygens (including phenoxy) is 4. The molecule has 0 aromatic heterocycles. The molecule has 0 aliphatic heterocycles. The maximum Gasteiger partial charge on any atom is 0.211 e. The third-order valence-electron chi connectivity index (χ3n) is 6.21. The number of unbranched alkanes of at least 4 members (excludes halogenated alkanes) is 4. The molecule has 0 aromatic rings. The molecule has 0 amide bonds. The maximum atomic E-state index is 13.3. The molecule has 12 nitrogen and oxygen atoms in total. The fourth-order valence-electron chi connectivity index (χ4n) is 3.80. The van der Waals surface area contributed by atoms with Gasteiger partial charge in [0.05, 0.1) is 59.5 Å². The van der Waals surface area contributed by atoms with E-state index in [-0.39, 0.29) is 52.5 Å². The van der Waals surface area contributed by atoms with Crippen LogP contribution in [0.4, 0.5) is 0 Å². The lowest BCUT2D eigenvalue weighted by Crippen LogP contribution is -2.66. The molecule has 6 N–H and O–H groups in total. The summed E-state index contributed by atoms with van der Waals surface area (Å²) < 4.78 is 20.5. The first-order chi connectivity index (χ1) is 19.0. The van der Waals surface area contributed by atoms with Crippen LogP contribution in [-0.2, 0) is 28.5 Å². The number of Topliss-reactive ketones (excluding diaryl/α,β-unsaturated/α-hetero) is 2. The van der Waals surface area contributed by atoms with Crippen molar-refractivity contribution in [1.29, 1.82) is 0 Å². The highest BCUT2D eigenvalue weighted by Gasteiger charge is 2.58. The Morgan fingerprint density at radius 1 is 0.575 bits per heavy atom. The lowest BCUT2D eigenvalue weighted by atomic mass is 9.74. The Balaban J connectivity index is 0. The van der Waals surface area contributed by atoms with Crippen molar-refractivity contribution >= 4 is 11.6 Å². The second kappa shape index (κ2) is 24.5. The van der Waals surface area contributed by atoms with Crippen LogP contribution in [0.5, 0.6) is 0 Å². The average molecular weight is 585 g/mol. The summed E-state index contributed by atoms with van der Waals surface area (Å²) in [5.41, 5.74) is -7.86. The monoisotopic (exact) mass is 584 g/mol. The van der Waals surface area contributed by atoms with Gasteiger partial charge in [-0.15, -0.1) is 0 Å². The first-order valence-corrected chi connectivity index (χ1v) is 14.4. The van der Waals surface area contributed by atoms with Crippen molar-refractivity contribution in [3.05, 3.63) is 0 Å². The molecule has 0 saturated heterocycles. The molecule has 0 aliphatic rings. The predicted molar refractivity (Wildman–Crippen MR) is 149 cm³/mol. The van der Waals surface area contributed by atoms with E-state index in [2.05, 4.69) is 0 Å². The zero-order chi connectivity index (χ0) is 30.9. The van der Waals surface area contributed by atoms with Crippen LogP contribution >= 0.6 is 0 Å². The smallest absolute Gasteiger partial charge is 0.211 e. The van der Waals surface area contributed by atoms with Crippen LogP contribution in [0.15, 0.2) is 0 Å². The summed E-state index contributed by atoms with van der Waals surface area (Å²) in [4.78, 5) is 26.6. The number of carbonyl (C=O) groups is 2. The number of aliphatic hydroxyl groups is 6. The Kier molecular flexibility index (Phi) is 25.2. The molecule has 0 fully saturated rings. The van der Waals surface area contributed by atoms with E-state index in [9.17, 15) is 35.1 Å². The molecule has 0 saturated carbocycles. The van der Waals surface area contributed by atoms with E-state index in [1.807, 2.05) is 27.7 Å². The van der Waals surface area contributed by atoms with Crippen molar-refractivity contribution in [2.24, 2.45) is 0 Å². The van der Waals surface area contributed by atoms with Gasteiger partial charge in [-0.3, -0.25) is 9.59 Å². The Hall–Kier alpha value is -1.06. The minimum atomic E-state index is -3.00. The van der Waals surface area contributed by atoms with Gasteiger partial charge in [0.25, 0.3) is 0 Å². The summed E-state index contributed by atoms with van der Waals surface area (Å²) in [6.07, 6.45) is 3.16. The van der Waals surface area contributed by atoms with Gasteiger partial charge < -0.3 is 49.6 Å². The van der Waals surface area contributed by atoms with E-state index in [1.165, 1.54) is 0 Å². The van der Waals surface area contributed by atoms with Crippen molar-refractivity contribution in [3.8, 4) is 0 Å². The lowest BCUT2D eigenvalue weighted by Gasteiger charge is -2.38. The average Bonchev–Trinajstić information content (AvgIpc) is 2.96. The molecule has 0 spiro atoms. The van der Waals surface area contributed by atoms with Gasteiger partial charge in [0.15, 0.2) is 0 Å². The zero-order valence-electron chi connectivity index (χ0n) is 25.1. The highest BCUT2D eigenvalue weighted by Crippen LogP contribution is 2.29. The van der Waals surface area contributed by atoms with Gasteiger partial charge in [-0.2, -0.15) is 0 Å². The minimum absolute atomic E-state index is 0.0302. The van der Waals surface area contributed by atoms with E-state index < -0.39 is 48.2 Å². The molecule has 0 rings (SSSR count). The van der Waals surface area contributed by atoms with Crippen LogP contribution in [-0.4, -0.2) is 132 Å². The summed E-state index contributed by atoms with van der Waals surface area (Å²) in [7, 11) is 0. The highest BCUT2D eigenvalue weighted by atomic mass is 16.5. The van der Waals surface area contributed by atoms with Crippen LogP contribution in [0.3, 0.4) is 0 Å². The van der Waals surface area contributed by atoms with Gasteiger partial charge in [0, 0.05) is 13.2 Å². The number of aliphatic hydroxyl groups excluding tert-OH is 3. The van der Waals surface area contributed by atoms with Crippen LogP contribution in [0.1, 0.15) is 79.1 Å². The maximum absolute atomic E-state index is 13.3. The van der Waals surface area contributed by atoms with E-state index in [4.69, 9.17) is 24.1 Å². The number of rotatable bonds is 26. The molecule has 0 bridgehead atoms. The zero-order valence-corrected chi connectivity index (χ0v) is 25.1. The van der Waals surface area contributed by atoms with Gasteiger partial charge in [0.2, 0.25) is 17.2 Å². The van der Waals surface area contributed by atoms with Gasteiger partial charge in [-0.25, -0.2) is 0 Å². The first-order valence-electron chi connectivity index (χ1n) is 14.4. The van der Waals surface area contributed by atoms with E-state index in [0.717, 1.165) is 26.1 Å². The standard InChI is InChI=1S/C24H46O11.C4H10O/c1-3-5-7-9-22(30,17-26)20(28)24(32,19-35-16-15-34-14-13-33-12-11-25)21(29)23(31,18-27)10-8-6-4-2;1-3-5-4-2/h25-27,30-32H,3-19H2,1-2H3;3-4H2,1-2H3. The topological polar surface area (TPSA) is 192 Å². The van der Waals surface area contributed by atoms with Crippen LogP contribution < -0.4 is 0 Å². The van der Waals surface area contributed by atoms with Crippen LogP contribution in [0.2, 0.25) is 0 Å². The van der Waals surface area contributed by atoms with E-state index >= 15 is 0 Å². The molecule has 0 heterocycles. The van der Waals surface area contributed by atoms with Crippen molar-refractivity contribution < 1.29 is 59.2 Å². The van der Waals surface area contributed by atoms with Crippen LogP contribution in [0, 0.1) is 0 Å². The number of hydrogen-bond acceptors (Lipinski definition) is 12. The van der Waals surface area contributed by atoms with E-state index in [1.54, 1.807) is 0 Å². The molecule has 12 heteroatoms. The minimum Gasteiger partial charge on any atom is -0.394 e. The van der Waals surface area contributed by atoms with Crippen molar-refractivity contribution in [1.82, 2.24) is 0 Å². The van der Waals surface area contributed by atoms with E-state index in [0.29, 0.717) is 25.7 Å². The molecule has 0 aliphatic carbocycles. The third-order valence-corrected chi connectivity index (χ3v) is 6.21. The summed E-state index contributed by atoms with van der Waals surface area (Å²) >= 11 is 0. The Labute approximate surface area is 239 Å². The third kappa shape index (κ3) is 15.8. The normalized spacial score (nSPS) is 15.8. The van der Waals surface area contributed by atoms with Crippen molar-refractivity contribution in [2.45, 2.75) is 95.9 Å². The highest BCUT2D eigenvalue weighted by molar-refractivity contribution is 6.16. The molecule has 2 unspecified atom stereocenters. The second-order valence-electron chi connectivity index (χ2n) is 9.59. The van der Waals surface area contributed by atoms with Gasteiger partial charge in [-0.05, 0) is 26.7 Å². The molecular weight excluding hydrogens is 528 g/mol. The summed E-state index contributed by atoms with van der Waals surface area (Å²) in [6.45, 7) is 6.92. The van der Waals surface area contributed by atoms with Crippen molar-refractivity contribution in [2.75, 3.05) is 72.7 Å². The molecule has 0 radical (unpaired) electrons. The van der Waals surface area contributed by atoms with Crippen LogP contribution in [0.25, 0.3) is 0 Å². The molecule has 240 valence electrons. The molecule has 0 aromatic carbocycles. The summed E-state index contributed by atoms with van der Waals surface area (Å²) in [5.74, 6) is -2.76. The lowest BCUT2D eigenvalue weighted by molar-refractivity contribution is -0.185. The number of carbonyl (C=O) groups excluding carboxylic acids is 2. The number of hydrogen-bond donors (Lipinski definition) is 6. The molecule has 2 atom stereocenters. The SMILES string of the molecule is CCCCCC(O)(CO)C(=O)C(O)(COCCOCCOCCO)C(=O)C(O)(CO)CCCCC.CCOCC. The molecular formula is C28H56O12. The fourth-order valence-corrected chi connectivity index (χ4v) is 3.80. The Bertz CT molecular complexity index is 594. The molecule has 40 heavy (non-hydrogen) atoms.